The lowest BCUT2D eigenvalue weighted by Gasteiger charge is -2.16. The van der Waals surface area contributed by atoms with E-state index in [4.69, 9.17) is 11.6 Å². The Labute approximate surface area is 75.1 Å². The molecule has 0 fully saturated rings. The monoisotopic (exact) mass is 185 g/mol. The molecule has 0 aliphatic heterocycles. The van der Waals surface area contributed by atoms with Crippen LogP contribution in [0.2, 0.25) is 0 Å². The van der Waals surface area contributed by atoms with Crippen LogP contribution in [-0.2, 0) is 0 Å². The molecule has 10 heavy (non-hydrogen) atoms. The summed E-state index contributed by atoms with van der Waals surface area (Å²) in [5.41, 5.74) is 0.227. The lowest BCUT2D eigenvalue weighted by molar-refractivity contribution is 0.354. The number of unbranched alkanes of at least 4 members (excludes halogenated alkanes) is 1. The van der Waals surface area contributed by atoms with Crippen molar-refractivity contribution < 1.29 is 0 Å². The van der Waals surface area contributed by atoms with Gasteiger partial charge in [-0.3, -0.25) is 4.90 Å². The maximum atomic E-state index is 5.92. The third kappa shape index (κ3) is 6.66. The van der Waals surface area contributed by atoms with Gasteiger partial charge in [-0.25, -0.2) is 0 Å². The number of nitrogens with zero attached hydrogens (tertiary/aromatic N) is 1. The average molecular weight is 186 g/mol. The molecule has 0 aromatic rings. The molecule has 0 heterocycles. The summed E-state index contributed by atoms with van der Waals surface area (Å²) in [5.74, 6) is 0. The van der Waals surface area contributed by atoms with E-state index < -0.39 is 0 Å². The molecule has 0 aromatic heterocycles. The Hall–Kier alpha value is 0.540. The maximum Gasteiger partial charge on any atom is 0.0845 e. The van der Waals surface area contributed by atoms with Gasteiger partial charge < -0.3 is 0 Å². The van der Waals surface area contributed by atoms with E-state index in [1.807, 2.05) is 19.0 Å². The molecular weight excluding hydrogens is 169 g/mol. The Balaban J connectivity index is 0. The normalized spacial score (nSPS) is 12.9. The first kappa shape index (κ1) is 13.2. The average Bonchev–Trinajstić information content (AvgIpc) is 1.82. The molecule has 0 aromatic carbocycles. The topological polar surface area (TPSA) is 3.24 Å². The van der Waals surface area contributed by atoms with Gasteiger partial charge in [0.2, 0.25) is 0 Å². The van der Waals surface area contributed by atoms with E-state index >= 15 is 0 Å². The summed E-state index contributed by atoms with van der Waals surface area (Å²) in [6.07, 6.45) is 3.56. The molecule has 0 bridgehead atoms. The van der Waals surface area contributed by atoms with Gasteiger partial charge in [-0.2, -0.15) is 0 Å². The van der Waals surface area contributed by atoms with Crippen LogP contribution < -0.4 is 0 Å². The first-order valence-electron chi connectivity index (χ1n) is 3.49. The molecule has 0 saturated heterocycles. The predicted molar refractivity (Wildman–Crippen MR) is 50.1 cm³/mol. The van der Waals surface area contributed by atoms with Gasteiger partial charge in [0, 0.05) is 0 Å². The van der Waals surface area contributed by atoms with Gasteiger partial charge in [0.25, 0.3) is 0 Å². The van der Waals surface area contributed by atoms with Crippen LogP contribution in [-0.4, -0.2) is 24.5 Å². The minimum atomic E-state index is 0. The first-order valence-corrected chi connectivity index (χ1v) is 3.92. The summed E-state index contributed by atoms with van der Waals surface area (Å²) in [4.78, 5) is 2.04. The van der Waals surface area contributed by atoms with Gasteiger partial charge in [-0.1, -0.05) is 19.8 Å². The van der Waals surface area contributed by atoms with Gasteiger partial charge in [-0.15, -0.1) is 24.0 Å². The predicted octanol–water partition coefficient (Wildman–Crippen LogP) is 2.72. The Morgan fingerprint density at radius 2 is 1.90 bits per heavy atom. The van der Waals surface area contributed by atoms with Crippen molar-refractivity contribution in [3.05, 3.63) is 0 Å². The van der Waals surface area contributed by atoms with E-state index in [9.17, 15) is 0 Å². The van der Waals surface area contributed by atoms with Crippen molar-refractivity contribution in [2.45, 2.75) is 31.7 Å². The highest BCUT2D eigenvalue weighted by atomic mass is 35.5. The molecular formula is C7H17Cl2N. The summed E-state index contributed by atoms with van der Waals surface area (Å²) < 4.78 is 0. The van der Waals surface area contributed by atoms with E-state index in [2.05, 4.69) is 6.92 Å². The van der Waals surface area contributed by atoms with Crippen molar-refractivity contribution in [1.29, 1.82) is 0 Å². The van der Waals surface area contributed by atoms with E-state index in [0.717, 1.165) is 6.42 Å². The van der Waals surface area contributed by atoms with Crippen molar-refractivity contribution in [2.75, 3.05) is 14.1 Å². The number of rotatable bonds is 4. The molecule has 0 spiro atoms. The lowest BCUT2D eigenvalue weighted by Crippen LogP contribution is -2.21. The summed E-state index contributed by atoms with van der Waals surface area (Å²) in [5, 5.41) is 0. The van der Waals surface area contributed by atoms with Gasteiger partial charge in [-0.05, 0) is 20.5 Å². The molecule has 1 unspecified atom stereocenters. The van der Waals surface area contributed by atoms with Crippen LogP contribution in [0.3, 0.4) is 0 Å². The molecule has 3 heteroatoms. The number of alkyl halides is 1. The zero-order valence-electron chi connectivity index (χ0n) is 6.93. The van der Waals surface area contributed by atoms with Crippen molar-refractivity contribution in [2.24, 2.45) is 0 Å². The fourth-order valence-electron chi connectivity index (χ4n) is 0.631. The third-order valence-electron chi connectivity index (χ3n) is 1.36. The summed E-state index contributed by atoms with van der Waals surface area (Å²) >= 11 is 5.92. The van der Waals surface area contributed by atoms with Gasteiger partial charge in [0.15, 0.2) is 0 Å². The lowest BCUT2D eigenvalue weighted by atomic mass is 10.2. The first-order chi connectivity index (χ1) is 4.18. The third-order valence-corrected chi connectivity index (χ3v) is 1.96. The Kier molecular flexibility index (Phi) is 10.1. The highest BCUT2D eigenvalue weighted by Crippen LogP contribution is 2.08. The van der Waals surface area contributed by atoms with Gasteiger partial charge in [0.05, 0.1) is 5.50 Å². The summed E-state index contributed by atoms with van der Waals surface area (Å²) in [7, 11) is 4.01. The second-order valence-corrected chi connectivity index (χ2v) is 3.04. The molecule has 0 rings (SSSR count). The highest BCUT2D eigenvalue weighted by Gasteiger charge is 2.03. The Morgan fingerprint density at radius 1 is 1.40 bits per heavy atom. The molecule has 1 atom stereocenters. The number of hydrogen-bond acceptors (Lipinski definition) is 1. The van der Waals surface area contributed by atoms with Crippen LogP contribution in [0, 0.1) is 0 Å². The minimum absolute atomic E-state index is 0. The SMILES string of the molecule is CCCCC(Cl)N(C)C.Cl. The second kappa shape index (κ2) is 7.64. The Bertz CT molecular complexity index is 66.6. The molecule has 0 N–H and O–H groups in total. The molecule has 0 radical (unpaired) electrons. The van der Waals surface area contributed by atoms with E-state index in [1.54, 1.807) is 0 Å². The van der Waals surface area contributed by atoms with Crippen LogP contribution in [0.15, 0.2) is 0 Å². The van der Waals surface area contributed by atoms with Gasteiger partial charge in [0.1, 0.15) is 0 Å². The smallest absolute Gasteiger partial charge is 0.0845 e. The zero-order chi connectivity index (χ0) is 7.28. The number of halogens is 2. The van der Waals surface area contributed by atoms with Crippen molar-refractivity contribution in [3.8, 4) is 0 Å². The summed E-state index contributed by atoms with van der Waals surface area (Å²) in [6, 6.07) is 0. The van der Waals surface area contributed by atoms with E-state index in [1.165, 1.54) is 12.8 Å². The highest BCUT2D eigenvalue weighted by molar-refractivity contribution is 6.20. The van der Waals surface area contributed by atoms with Crippen LogP contribution in [0.1, 0.15) is 26.2 Å². The van der Waals surface area contributed by atoms with Crippen LogP contribution in [0.25, 0.3) is 0 Å². The molecule has 0 aliphatic rings. The van der Waals surface area contributed by atoms with Crippen LogP contribution >= 0.6 is 24.0 Å². The standard InChI is InChI=1S/C7H16ClN.ClH/c1-4-5-6-7(8)9(2)3;/h7H,4-6H2,1-3H3;1H. The summed E-state index contributed by atoms with van der Waals surface area (Å²) in [6.45, 7) is 2.18. The van der Waals surface area contributed by atoms with Crippen molar-refractivity contribution in [1.82, 2.24) is 4.90 Å². The van der Waals surface area contributed by atoms with E-state index in [-0.39, 0.29) is 17.9 Å². The largest absolute Gasteiger partial charge is 0.294 e. The second-order valence-electron chi connectivity index (χ2n) is 2.54. The molecule has 0 saturated carbocycles. The molecule has 64 valence electrons. The minimum Gasteiger partial charge on any atom is -0.294 e. The zero-order valence-corrected chi connectivity index (χ0v) is 8.50. The van der Waals surface area contributed by atoms with Crippen molar-refractivity contribution in [3.63, 3.8) is 0 Å². The number of hydrogen-bond donors (Lipinski definition) is 0. The van der Waals surface area contributed by atoms with Crippen LogP contribution in [0.4, 0.5) is 0 Å². The molecule has 0 aliphatic carbocycles. The quantitative estimate of drug-likeness (QED) is 0.482. The van der Waals surface area contributed by atoms with Crippen molar-refractivity contribution >= 4 is 24.0 Å². The Morgan fingerprint density at radius 3 is 2.20 bits per heavy atom. The fourth-order valence-corrected chi connectivity index (χ4v) is 0.785. The maximum absolute atomic E-state index is 5.92. The molecule has 0 amide bonds. The van der Waals surface area contributed by atoms with Crippen LogP contribution in [0.5, 0.6) is 0 Å². The molecule has 1 nitrogen and oxygen atoms in total. The van der Waals surface area contributed by atoms with E-state index in [0.29, 0.717) is 0 Å². The fraction of sp³-hybridized carbons (Fsp3) is 1.00. The van der Waals surface area contributed by atoms with Gasteiger partial charge >= 0.3 is 0 Å².